The van der Waals surface area contributed by atoms with Crippen LogP contribution in [0.15, 0.2) is 59.1 Å². The van der Waals surface area contributed by atoms with Crippen molar-refractivity contribution < 1.29 is 13.2 Å². The first kappa shape index (κ1) is 24.7. The highest BCUT2D eigenvalue weighted by Crippen LogP contribution is 2.41. The lowest BCUT2D eigenvalue weighted by atomic mass is 9.85. The fourth-order valence-corrected chi connectivity index (χ4v) is 5.52. The Labute approximate surface area is 207 Å². The summed E-state index contributed by atoms with van der Waals surface area (Å²) in [5.74, 6) is -0.152. The first-order chi connectivity index (χ1) is 16.5. The highest BCUT2D eigenvalue weighted by Gasteiger charge is 2.27. The van der Waals surface area contributed by atoms with Gasteiger partial charge in [-0.3, -0.25) is 4.79 Å². The number of rotatable bonds is 6. The van der Waals surface area contributed by atoms with E-state index in [2.05, 4.69) is 31.0 Å². The molecule has 1 fully saturated rings. The lowest BCUT2D eigenvalue weighted by Gasteiger charge is -2.32. The smallest absolute Gasteiger partial charge is 0.248 e. The summed E-state index contributed by atoms with van der Waals surface area (Å²) in [5, 5.41) is 0. The van der Waals surface area contributed by atoms with E-state index in [9.17, 15) is 13.2 Å². The van der Waals surface area contributed by atoms with E-state index in [1.807, 2.05) is 24.9 Å². The second kappa shape index (κ2) is 9.30. The number of benzene rings is 2. The van der Waals surface area contributed by atoms with Gasteiger partial charge in [-0.1, -0.05) is 24.3 Å². The van der Waals surface area contributed by atoms with Crippen LogP contribution in [0, 0.1) is 20.8 Å². The zero-order chi connectivity index (χ0) is 25.5. The number of sulfone groups is 1. The van der Waals surface area contributed by atoms with Crippen LogP contribution in [0.1, 0.15) is 51.9 Å². The first-order valence-corrected chi connectivity index (χ1v) is 13.5. The fourth-order valence-electron chi connectivity index (χ4n) is 4.66. The number of nitrogens with zero attached hydrogens (tertiary/aromatic N) is 2. The van der Waals surface area contributed by atoms with Gasteiger partial charge in [0.05, 0.1) is 0 Å². The molecule has 0 atom stereocenters. The first-order valence-electron chi connectivity index (χ1n) is 11.6. The van der Waals surface area contributed by atoms with Crippen molar-refractivity contribution in [3.63, 3.8) is 0 Å². The van der Waals surface area contributed by atoms with Gasteiger partial charge in [0.15, 0.2) is 15.7 Å². The molecule has 0 aliphatic heterocycles. The van der Waals surface area contributed by atoms with E-state index in [0.717, 1.165) is 52.8 Å². The number of hydrogen-bond acceptors (Lipinski definition) is 5. The molecule has 1 aliphatic carbocycles. The van der Waals surface area contributed by atoms with Crippen molar-refractivity contribution in [3.8, 4) is 11.1 Å². The van der Waals surface area contributed by atoms with Gasteiger partial charge in [0.2, 0.25) is 5.91 Å². The monoisotopic (exact) mass is 489 g/mol. The minimum absolute atomic E-state index is 0.144. The summed E-state index contributed by atoms with van der Waals surface area (Å²) in [4.78, 5) is 18.5. The summed E-state index contributed by atoms with van der Waals surface area (Å²) in [6.07, 6.45) is 5.96. The number of aryl methyl sites for hydroxylation is 3. The molecular formula is C28H31N3O3S. The Balaban J connectivity index is 1.91. The van der Waals surface area contributed by atoms with Crippen LogP contribution in [0.2, 0.25) is 0 Å². The predicted molar refractivity (Wildman–Crippen MR) is 141 cm³/mol. The molecule has 35 heavy (non-hydrogen) atoms. The van der Waals surface area contributed by atoms with Crippen molar-refractivity contribution in [2.75, 3.05) is 18.2 Å². The number of primary amides is 1. The Bertz CT molecular complexity index is 1450. The van der Waals surface area contributed by atoms with Gasteiger partial charge in [-0.15, -0.1) is 0 Å². The summed E-state index contributed by atoms with van der Waals surface area (Å²) in [7, 11) is -1.73. The molecule has 7 heteroatoms. The van der Waals surface area contributed by atoms with Gasteiger partial charge < -0.3 is 10.6 Å². The largest absolute Gasteiger partial charge is 0.366 e. The van der Waals surface area contributed by atoms with Crippen LogP contribution in [-0.4, -0.2) is 32.6 Å². The molecule has 0 radical (unpaired) electrons. The highest BCUT2D eigenvalue weighted by atomic mass is 32.2. The third-order valence-electron chi connectivity index (χ3n) is 6.73. The Morgan fingerprint density at radius 2 is 1.66 bits per heavy atom. The molecule has 182 valence electrons. The molecule has 1 heterocycles. The molecule has 1 aliphatic rings. The molecule has 0 spiro atoms. The third kappa shape index (κ3) is 4.73. The van der Waals surface area contributed by atoms with Crippen LogP contribution >= 0.6 is 0 Å². The normalized spacial score (nSPS) is 13.3. The Kier molecular flexibility index (Phi) is 6.56. The average Bonchev–Trinajstić information content (AvgIpc) is 2.75. The summed E-state index contributed by atoms with van der Waals surface area (Å²) < 4.78 is 26.0. The van der Waals surface area contributed by atoms with Crippen molar-refractivity contribution in [3.05, 3.63) is 82.1 Å². The predicted octanol–water partition coefficient (Wildman–Crippen LogP) is 5.21. The van der Waals surface area contributed by atoms with E-state index < -0.39 is 15.7 Å². The molecule has 0 unspecified atom stereocenters. The summed E-state index contributed by atoms with van der Waals surface area (Å²) in [5.41, 5.74) is 13.8. The van der Waals surface area contributed by atoms with Crippen molar-refractivity contribution >= 4 is 27.3 Å². The van der Waals surface area contributed by atoms with Crippen molar-refractivity contribution in [2.24, 2.45) is 5.73 Å². The summed E-state index contributed by atoms with van der Waals surface area (Å²) in [6.45, 7) is 6.07. The Morgan fingerprint density at radius 1 is 1.00 bits per heavy atom. The Morgan fingerprint density at radius 3 is 2.20 bits per heavy atom. The van der Waals surface area contributed by atoms with Crippen molar-refractivity contribution in [2.45, 2.75) is 44.9 Å². The second-order valence-corrected chi connectivity index (χ2v) is 11.3. The van der Waals surface area contributed by atoms with E-state index in [0.29, 0.717) is 16.9 Å². The van der Waals surface area contributed by atoms with Crippen LogP contribution in [0.25, 0.3) is 16.8 Å². The van der Waals surface area contributed by atoms with Gasteiger partial charge in [0, 0.05) is 41.9 Å². The molecule has 3 aromatic rings. The molecule has 1 amide bonds. The number of pyridine rings is 1. The minimum atomic E-state index is -3.62. The van der Waals surface area contributed by atoms with Gasteiger partial charge in [0.25, 0.3) is 0 Å². The van der Waals surface area contributed by atoms with E-state index in [-0.39, 0.29) is 4.90 Å². The Hall–Kier alpha value is -3.45. The maximum Gasteiger partial charge on any atom is 0.248 e. The highest BCUT2D eigenvalue weighted by molar-refractivity contribution is 7.90. The van der Waals surface area contributed by atoms with E-state index in [4.69, 9.17) is 5.73 Å². The molecule has 1 saturated carbocycles. The molecule has 0 bridgehead atoms. The number of allylic oxidation sites excluding steroid dienone is 1. The quantitative estimate of drug-likeness (QED) is 0.513. The van der Waals surface area contributed by atoms with E-state index in [1.165, 1.54) is 11.8 Å². The van der Waals surface area contributed by atoms with Crippen molar-refractivity contribution in [1.29, 1.82) is 0 Å². The number of carbonyl (C=O) groups excluding carboxylic acids is 1. The molecule has 6 nitrogen and oxygen atoms in total. The number of carbonyl (C=O) groups is 1. The summed E-state index contributed by atoms with van der Waals surface area (Å²) in [6, 6.07) is 13.0. The topological polar surface area (TPSA) is 93.4 Å². The van der Waals surface area contributed by atoms with Crippen molar-refractivity contribution in [1.82, 2.24) is 4.98 Å². The van der Waals surface area contributed by atoms with E-state index in [1.54, 1.807) is 30.5 Å². The molecule has 0 saturated heterocycles. The summed E-state index contributed by atoms with van der Waals surface area (Å²) >= 11 is 0. The van der Waals surface area contributed by atoms with Crippen LogP contribution in [0.5, 0.6) is 0 Å². The molecule has 1 aromatic heterocycles. The number of amides is 1. The SMILES string of the molecule is Cc1ccc(C(N)=O)cc1-c1cnc(N(C)C(=C2CCC2)c2c(C)cccc2C)c(S(C)(=O)=O)c1. The van der Waals surface area contributed by atoms with Gasteiger partial charge in [0.1, 0.15) is 4.90 Å². The van der Waals surface area contributed by atoms with Gasteiger partial charge >= 0.3 is 0 Å². The maximum atomic E-state index is 13.0. The number of anilines is 1. The minimum Gasteiger partial charge on any atom is -0.366 e. The maximum absolute atomic E-state index is 13.0. The number of nitrogens with two attached hydrogens (primary N) is 1. The lowest BCUT2D eigenvalue weighted by Crippen LogP contribution is -2.24. The fraction of sp³-hybridized carbons (Fsp3) is 0.286. The average molecular weight is 490 g/mol. The molecule has 4 rings (SSSR count). The van der Waals surface area contributed by atoms with Gasteiger partial charge in [-0.2, -0.15) is 0 Å². The van der Waals surface area contributed by atoms with E-state index >= 15 is 0 Å². The molecule has 2 N–H and O–H groups in total. The van der Waals surface area contributed by atoms with Gasteiger partial charge in [-0.25, -0.2) is 13.4 Å². The van der Waals surface area contributed by atoms with Crippen LogP contribution in [-0.2, 0) is 9.84 Å². The van der Waals surface area contributed by atoms with Crippen LogP contribution < -0.4 is 10.6 Å². The number of hydrogen-bond donors (Lipinski definition) is 1. The zero-order valence-electron chi connectivity index (χ0n) is 20.8. The zero-order valence-corrected chi connectivity index (χ0v) is 21.7. The molecular weight excluding hydrogens is 458 g/mol. The third-order valence-corrected chi connectivity index (χ3v) is 7.83. The van der Waals surface area contributed by atoms with Crippen LogP contribution in [0.3, 0.4) is 0 Å². The van der Waals surface area contributed by atoms with Gasteiger partial charge in [-0.05, 0) is 86.1 Å². The van der Waals surface area contributed by atoms with Crippen LogP contribution in [0.4, 0.5) is 5.82 Å². The standard InChI is InChI=1S/C28H31N3O3S/c1-17-12-13-21(27(29)32)14-23(17)22-15-24(35(5,33)34)28(30-16-22)31(4)26(20-10-7-11-20)25-18(2)8-6-9-19(25)3/h6,8-9,12-16H,7,10-11H2,1-5H3,(H2,29,32). The lowest BCUT2D eigenvalue weighted by molar-refractivity contribution is 0.100. The number of aromatic nitrogens is 1. The molecule has 2 aromatic carbocycles. The second-order valence-electron chi connectivity index (χ2n) is 9.34.